The minimum atomic E-state index is 0.515. The van der Waals surface area contributed by atoms with Crippen LogP contribution < -0.4 is 10.2 Å². The second-order valence-electron chi connectivity index (χ2n) is 6.17. The third-order valence-electron chi connectivity index (χ3n) is 4.43. The van der Waals surface area contributed by atoms with Gasteiger partial charge in [-0.1, -0.05) is 17.7 Å². The highest BCUT2D eigenvalue weighted by Gasteiger charge is 2.37. The van der Waals surface area contributed by atoms with Gasteiger partial charge >= 0.3 is 0 Å². The van der Waals surface area contributed by atoms with E-state index in [2.05, 4.69) is 47.4 Å². The zero-order valence-electron chi connectivity index (χ0n) is 12.4. The van der Waals surface area contributed by atoms with Gasteiger partial charge < -0.3 is 10.2 Å². The van der Waals surface area contributed by atoms with Crippen LogP contribution in [0.25, 0.3) is 0 Å². The van der Waals surface area contributed by atoms with Crippen LogP contribution in [0.15, 0.2) is 18.2 Å². The number of nitrogens with zero attached hydrogens (tertiary/aromatic N) is 2. The van der Waals surface area contributed by atoms with Crippen LogP contribution >= 0.6 is 11.6 Å². The molecule has 3 rings (SSSR count). The predicted octanol–water partition coefficient (Wildman–Crippen LogP) is 2.76. The van der Waals surface area contributed by atoms with E-state index in [4.69, 9.17) is 11.6 Å². The molecule has 1 saturated heterocycles. The Balaban J connectivity index is 1.87. The Labute approximate surface area is 126 Å². The molecule has 0 spiro atoms. The van der Waals surface area contributed by atoms with Crippen molar-refractivity contribution in [3.63, 3.8) is 0 Å². The summed E-state index contributed by atoms with van der Waals surface area (Å²) in [4.78, 5) is 4.72. The highest BCUT2D eigenvalue weighted by molar-refractivity contribution is 6.31. The van der Waals surface area contributed by atoms with Gasteiger partial charge in [0.1, 0.15) is 0 Å². The summed E-state index contributed by atoms with van der Waals surface area (Å²) in [5.41, 5.74) is 2.50. The van der Waals surface area contributed by atoms with Crippen LogP contribution in [-0.4, -0.2) is 45.2 Å². The number of hydrogen-bond acceptors (Lipinski definition) is 3. The highest BCUT2D eigenvalue weighted by Crippen LogP contribution is 2.46. The molecule has 2 aliphatic rings. The number of benzene rings is 1. The Bertz CT molecular complexity index is 465. The summed E-state index contributed by atoms with van der Waals surface area (Å²) in [7, 11) is 4.11. The summed E-state index contributed by atoms with van der Waals surface area (Å²) >= 11 is 6.59. The Kier molecular flexibility index (Phi) is 4.20. The SMILES string of the molecule is CN(C)c1ccc([C@H](C2CC2)N2CCNCC2)c(Cl)c1. The molecule has 110 valence electrons. The molecule has 1 aromatic carbocycles. The van der Waals surface area contributed by atoms with E-state index in [9.17, 15) is 0 Å². The van der Waals surface area contributed by atoms with Gasteiger partial charge in [-0.15, -0.1) is 0 Å². The van der Waals surface area contributed by atoms with Crippen molar-refractivity contribution in [2.45, 2.75) is 18.9 Å². The second kappa shape index (κ2) is 5.92. The molecule has 0 unspecified atom stereocenters. The van der Waals surface area contributed by atoms with E-state index in [1.807, 2.05) is 0 Å². The van der Waals surface area contributed by atoms with Crippen molar-refractivity contribution >= 4 is 17.3 Å². The molecule has 1 heterocycles. The molecular weight excluding hydrogens is 270 g/mol. The Hall–Kier alpha value is -0.770. The average Bonchev–Trinajstić information content (AvgIpc) is 3.26. The van der Waals surface area contributed by atoms with Crippen LogP contribution in [0.2, 0.25) is 5.02 Å². The lowest BCUT2D eigenvalue weighted by Gasteiger charge is -2.36. The van der Waals surface area contributed by atoms with Gasteiger partial charge in [-0.3, -0.25) is 4.90 Å². The van der Waals surface area contributed by atoms with Gasteiger partial charge in [0, 0.05) is 57.0 Å². The first-order valence-corrected chi connectivity index (χ1v) is 7.96. The summed E-state index contributed by atoms with van der Waals surface area (Å²) in [5.74, 6) is 0.802. The van der Waals surface area contributed by atoms with E-state index in [1.165, 1.54) is 24.1 Å². The molecule has 1 atom stereocenters. The molecule has 2 fully saturated rings. The van der Waals surface area contributed by atoms with Gasteiger partial charge in [0.25, 0.3) is 0 Å². The van der Waals surface area contributed by atoms with Gasteiger partial charge in [-0.2, -0.15) is 0 Å². The largest absolute Gasteiger partial charge is 0.378 e. The summed E-state index contributed by atoms with van der Waals surface area (Å²) in [6, 6.07) is 7.05. The third-order valence-corrected chi connectivity index (χ3v) is 4.76. The molecular formula is C16H24ClN3. The van der Waals surface area contributed by atoms with Crippen molar-refractivity contribution < 1.29 is 0 Å². The zero-order chi connectivity index (χ0) is 14.1. The molecule has 0 bridgehead atoms. The molecule has 20 heavy (non-hydrogen) atoms. The van der Waals surface area contributed by atoms with Crippen LogP contribution in [0, 0.1) is 5.92 Å². The Morgan fingerprint density at radius 1 is 1.25 bits per heavy atom. The molecule has 0 radical (unpaired) electrons. The monoisotopic (exact) mass is 293 g/mol. The highest BCUT2D eigenvalue weighted by atomic mass is 35.5. The summed E-state index contributed by atoms with van der Waals surface area (Å²) < 4.78 is 0. The molecule has 1 aromatic rings. The molecule has 4 heteroatoms. The lowest BCUT2D eigenvalue weighted by atomic mass is 9.99. The second-order valence-corrected chi connectivity index (χ2v) is 6.58. The quantitative estimate of drug-likeness (QED) is 0.921. The van der Waals surface area contributed by atoms with Crippen LogP contribution in [0.5, 0.6) is 0 Å². The van der Waals surface area contributed by atoms with Crippen molar-refractivity contribution in [2.24, 2.45) is 5.92 Å². The first-order chi connectivity index (χ1) is 9.66. The molecule has 1 N–H and O–H groups in total. The molecule has 1 saturated carbocycles. The smallest absolute Gasteiger partial charge is 0.0474 e. The van der Waals surface area contributed by atoms with Gasteiger partial charge in [-0.25, -0.2) is 0 Å². The fourth-order valence-electron chi connectivity index (χ4n) is 3.16. The fraction of sp³-hybridized carbons (Fsp3) is 0.625. The predicted molar refractivity (Wildman–Crippen MR) is 85.7 cm³/mol. The zero-order valence-corrected chi connectivity index (χ0v) is 13.2. The molecule has 1 aliphatic heterocycles. The maximum Gasteiger partial charge on any atom is 0.0474 e. The van der Waals surface area contributed by atoms with E-state index in [0.717, 1.165) is 37.1 Å². The van der Waals surface area contributed by atoms with Crippen molar-refractivity contribution in [3.8, 4) is 0 Å². The minimum Gasteiger partial charge on any atom is -0.378 e. The topological polar surface area (TPSA) is 18.5 Å². The lowest BCUT2D eigenvalue weighted by molar-refractivity contribution is 0.156. The van der Waals surface area contributed by atoms with Crippen molar-refractivity contribution in [1.82, 2.24) is 10.2 Å². The lowest BCUT2D eigenvalue weighted by Crippen LogP contribution is -2.45. The van der Waals surface area contributed by atoms with Crippen LogP contribution in [-0.2, 0) is 0 Å². The first kappa shape index (κ1) is 14.2. The van der Waals surface area contributed by atoms with Crippen LogP contribution in [0.3, 0.4) is 0 Å². The van der Waals surface area contributed by atoms with Crippen LogP contribution in [0.1, 0.15) is 24.4 Å². The maximum absolute atomic E-state index is 6.59. The number of halogens is 1. The van der Waals surface area contributed by atoms with Gasteiger partial charge in [0.05, 0.1) is 0 Å². The van der Waals surface area contributed by atoms with Crippen molar-refractivity contribution in [2.75, 3.05) is 45.2 Å². The van der Waals surface area contributed by atoms with Crippen molar-refractivity contribution in [1.29, 1.82) is 0 Å². The number of piperazine rings is 1. The molecule has 0 amide bonds. The average molecular weight is 294 g/mol. The maximum atomic E-state index is 6.59. The van der Waals surface area contributed by atoms with Gasteiger partial charge in [0.15, 0.2) is 0 Å². The molecule has 1 aliphatic carbocycles. The van der Waals surface area contributed by atoms with Gasteiger partial charge in [-0.05, 0) is 36.5 Å². The number of hydrogen-bond donors (Lipinski definition) is 1. The number of anilines is 1. The number of nitrogens with one attached hydrogen (secondary N) is 1. The van der Waals surface area contributed by atoms with E-state index < -0.39 is 0 Å². The molecule has 3 nitrogen and oxygen atoms in total. The van der Waals surface area contributed by atoms with Gasteiger partial charge in [0.2, 0.25) is 0 Å². The summed E-state index contributed by atoms with van der Waals surface area (Å²) in [6.07, 6.45) is 2.70. The van der Waals surface area contributed by atoms with Crippen LogP contribution in [0.4, 0.5) is 5.69 Å². The standard InChI is InChI=1S/C16H24ClN3/c1-19(2)13-5-6-14(15(17)11-13)16(12-3-4-12)20-9-7-18-8-10-20/h5-6,11-12,16,18H,3-4,7-10H2,1-2H3/t16-/m0/s1. The van der Waals surface area contributed by atoms with E-state index in [-0.39, 0.29) is 0 Å². The first-order valence-electron chi connectivity index (χ1n) is 7.58. The minimum absolute atomic E-state index is 0.515. The van der Waals surface area contributed by atoms with E-state index in [1.54, 1.807) is 0 Å². The Morgan fingerprint density at radius 3 is 2.50 bits per heavy atom. The normalized spacial score (nSPS) is 21.8. The summed E-state index contributed by atoms with van der Waals surface area (Å²) in [5, 5.41) is 4.36. The van der Waals surface area contributed by atoms with Crippen molar-refractivity contribution in [3.05, 3.63) is 28.8 Å². The van der Waals surface area contributed by atoms with E-state index in [0.29, 0.717) is 6.04 Å². The number of rotatable bonds is 4. The Morgan fingerprint density at radius 2 is 1.95 bits per heavy atom. The fourth-order valence-corrected chi connectivity index (χ4v) is 3.44. The molecule has 0 aromatic heterocycles. The van der Waals surface area contributed by atoms with E-state index >= 15 is 0 Å². The third kappa shape index (κ3) is 2.95. The summed E-state index contributed by atoms with van der Waals surface area (Å²) in [6.45, 7) is 4.45.